The lowest BCUT2D eigenvalue weighted by atomic mass is 9.43. The highest BCUT2D eigenvalue weighted by Crippen LogP contribution is 2.72. The van der Waals surface area contributed by atoms with Gasteiger partial charge in [0, 0.05) is 23.7 Å². The van der Waals surface area contributed by atoms with Crippen LogP contribution in [-0.2, 0) is 9.78 Å². The molecular formula is C28H44O3. The zero-order valence-corrected chi connectivity index (χ0v) is 20.6. The van der Waals surface area contributed by atoms with E-state index in [1.165, 1.54) is 25.7 Å². The second kappa shape index (κ2) is 7.18. The summed E-state index contributed by atoms with van der Waals surface area (Å²) in [5, 5.41) is 10.4. The molecule has 1 saturated heterocycles. The SMILES string of the molecule is CC(C)[C@@H](C)/C=C/[C@@H](C)[C@@H]1CC[C@@H]2[C@]1(C)CC[C@H]1[C@@]23C=C[C@@]2(C[C@@H](O)CC[C@]12C)OO3. The molecule has 1 N–H and O–H groups in total. The van der Waals surface area contributed by atoms with Gasteiger partial charge in [0.05, 0.1) is 6.10 Å². The highest BCUT2D eigenvalue weighted by molar-refractivity contribution is 5.33. The molecule has 3 nitrogen and oxygen atoms in total. The Morgan fingerprint density at radius 2 is 1.68 bits per heavy atom. The third-order valence-corrected chi connectivity index (χ3v) is 11.1. The monoisotopic (exact) mass is 428 g/mol. The molecule has 6 aliphatic rings. The van der Waals surface area contributed by atoms with Crippen LogP contribution in [0.2, 0.25) is 0 Å². The molecule has 0 aromatic carbocycles. The van der Waals surface area contributed by atoms with E-state index in [2.05, 4.69) is 65.8 Å². The molecule has 2 heterocycles. The number of hydrogen-bond donors (Lipinski definition) is 1. The van der Waals surface area contributed by atoms with Crippen LogP contribution in [0.15, 0.2) is 24.3 Å². The van der Waals surface area contributed by atoms with Gasteiger partial charge in [-0.05, 0) is 73.7 Å². The summed E-state index contributed by atoms with van der Waals surface area (Å²) in [6, 6.07) is 0. The fourth-order valence-corrected chi connectivity index (χ4v) is 8.71. The van der Waals surface area contributed by atoms with Gasteiger partial charge in [0.2, 0.25) is 0 Å². The molecule has 0 aromatic rings. The first-order valence-corrected chi connectivity index (χ1v) is 13.0. The molecule has 0 aromatic heterocycles. The van der Waals surface area contributed by atoms with Gasteiger partial charge < -0.3 is 5.11 Å². The number of hydrogen-bond acceptors (Lipinski definition) is 3. The smallest absolute Gasteiger partial charge is 0.130 e. The molecule has 2 aliphatic heterocycles. The van der Waals surface area contributed by atoms with E-state index < -0.39 is 5.60 Å². The van der Waals surface area contributed by atoms with E-state index in [9.17, 15) is 5.11 Å². The van der Waals surface area contributed by atoms with E-state index in [-0.39, 0.29) is 22.5 Å². The zero-order chi connectivity index (χ0) is 22.2. The Balaban J connectivity index is 1.45. The second-order valence-corrected chi connectivity index (χ2v) is 12.7. The average molecular weight is 429 g/mol. The molecule has 4 fully saturated rings. The van der Waals surface area contributed by atoms with Gasteiger partial charge in [-0.1, -0.05) is 59.8 Å². The Morgan fingerprint density at radius 3 is 2.35 bits per heavy atom. The van der Waals surface area contributed by atoms with Crippen molar-refractivity contribution in [1.82, 2.24) is 0 Å². The van der Waals surface area contributed by atoms with Gasteiger partial charge in [-0.2, -0.15) is 0 Å². The van der Waals surface area contributed by atoms with Gasteiger partial charge >= 0.3 is 0 Å². The number of fused-ring (bicyclic) bond motifs is 2. The van der Waals surface area contributed by atoms with Crippen molar-refractivity contribution < 1.29 is 14.9 Å². The lowest BCUT2D eigenvalue weighted by Crippen LogP contribution is -2.73. The molecule has 3 saturated carbocycles. The Bertz CT molecular complexity index is 772. The molecule has 174 valence electrons. The maximum absolute atomic E-state index is 10.4. The van der Waals surface area contributed by atoms with Gasteiger partial charge in [0.1, 0.15) is 11.2 Å². The Morgan fingerprint density at radius 1 is 0.903 bits per heavy atom. The lowest BCUT2D eigenvalue weighted by Gasteiger charge is -2.69. The van der Waals surface area contributed by atoms with E-state index in [0.29, 0.717) is 41.9 Å². The Kier molecular flexibility index (Phi) is 5.13. The summed E-state index contributed by atoms with van der Waals surface area (Å²) < 4.78 is 0. The number of allylic oxidation sites excluding steroid dienone is 2. The molecule has 2 spiro atoms. The van der Waals surface area contributed by atoms with Crippen LogP contribution in [0.1, 0.15) is 86.5 Å². The molecule has 0 amide bonds. The van der Waals surface area contributed by atoms with Crippen LogP contribution in [0.5, 0.6) is 0 Å². The number of aliphatic hydroxyl groups excluding tert-OH is 1. The van der Waals surface area contributed by atoms with E-state index in [0.717, 1.165) is 12.8 Å². The minimum Gasteiger partial charge on any atom is -0.393 e. The Hall–Kier alpha value is -0.640. The minimum absolute atomic E-state index is 0.0663. The first kappa shape index (κ1) is 22.2. The van der Waals surface area contributed by atoms with Crippen molar-refractivity contribution in [3.05, 3.63) is 24.3 Å². The summed E-state index contributed by atoms with van der Waals surface area (Å²) in [4.78, 5) is 12.8. The van der Waals surface area contributed by atoms with Crippen molar-refractivity contribution in [2.45, 2.75) is 104 Å². The first-order valence-electron chi connectivity index (χ1n) is 13.0. The zero-order valence-electron chi connectivity index (χ0n) is 20.6. The number of rotatable bonds is 4. The van der Waals surface area contributed by atoms with Crippen LogP contribution in [0.4, 0.5) is 0 Å². The highest BCUT2D eigenvalue weighted by atomic mass is 17.2. The normalized spacial score (nSPS) is 52.8. The highest BCUT2D eigenvalue weighted by Gasteiger charge is 2.74. The molecule has 0 radical (unpaired) electrons. The summed E-state index contributed by atoms with van der Waals surface area (Å²) in [7, 11) is 0. The van der Waals surface area contributed by atoms with Gasteiger partial charge in [0.25, 0.3) is 0 Å². The van der Waals surface area contributed by atoms with Crippen LogP contribution < -0.4 is 0 Å². The quantitative estimate of drug-likeness (QED) is 0.412. The van der Waals surface area contributed by atoms with E-state index >= 15 is 0 Å². The molecule has 10 atom stereocenters. The van der Waals surface area contributed by atoms with Crippen LogP contribution in [0.3, 0.4) is 0 Å². The van der Waals surface area contributed by atoms with Gasteiger partial charge in [-0.25, -0.2) is 9.78 Å². The topological polar surface area (TPSA) is 38.7 Å². The summed E-state index contributed by atoms with van der Waals surface area (Å²) >= 11 is 0. The fraction of sp³-hybridized carbons (Fsp3) is 0.857. The third-order valence-electron chi connectivity index (χ3n) is 11.1. The third kappa shape index (κ3) is 2.88. The summed E-state index contributed by atoms with van der Waals surface area (Å²) in [6.45, 7) is 14.4. The van der Waals surface area contributed by atoms with E-state index in [1.54, 1.807) is 0 Å². The van der Waals surface area contributed by atoms with Crippen LogP contribution in [0.25, 0.3) is 0 Å². The van der Waals surface area contributed by atoms with Gasteiger partial charge in [-0.15, -0.1) is 0 Å². The van der Waals surface area contributed by atoms with Crippen molar-refractivity contribution in [3.63, 3.8) is 0 Å². The molecule has 4 aliphatic carbocycles. The standard InChI is InChI=1S/C28H44O3/c1-18(2)19(3)7-8-20(4)22-9-10-23-25(22,5)13-12-24-26(6)14-11-21(29)17-27(26)15-16-28(23,24)31-30-27/h7-8,15-16,18-24,29H,9-14,17H2,1-6H3/b8-7+/t19-,20+,21-,22-,23+,24+,25+,26+,27-,28+/m0/s1. The van der Waals surface area contributed by atoms with E-state index in [1.807, 2.05) is 0 Å². The van der Waals surface area contributed by atoms with Crippen molar-refractivity contribution in [1.29, 1.82) is 0 Å². The van der Waals surface area contributed by atoms with Crippen LogP contribution in [0, 0.1) is 46.3 Å². The van der Waals surface area contributed by atoms with Crippen LogP contribution in [-0.4, -0.2) is 22.4 Å². The summed E-state index contributed by atoms with van der Waals surface area (Å²) in [5.74, 6) is 3.64. The van der Waals surface area contributed by atoms with E-state index in [4.69, 9.17) is 9.78 Å². The minimum atomic E-state index is -0.439. The maximum atomic E-state index is 10.4. The summed E-state index contributed by atoms with van der Waals surface area (Å²) in [6.07, 6.45) is 17.0. The molecular weight excluding hydrogens is 384 g/mol. The maximum Gasteiger partial charge on any atom is 0.130 e. The van der Waals surface area contributed by atoms with Crippen molar-refractivity contribution >= 4 is 0 Å². The molecule has 0 unspecified atom stereocenters. The van der Waals surface area contributed by atoms with Crippen molar-refractivity contribution in [2.24, 2.45) is 46.3 Å². The summed E-state index contributed by atoms with van der Waals surface area (Å²) in [5.41, 5.74) is -0.366. The molecule has 31 heavy (non-hydrogen) atoms. The Labute approximate surface area is 189 Å². The average Bonchev–Trinajstić information content (AvgIpc) is 3.09. The molecule has 2 bridgehead atoms. The molecule has 3 heteroatoms. The van der Waals surface area contributed by atoms with Gasteiger partial charge in [-0.3, -0.25) is 0 Å². The predicted octanol–water partition coefficient (Wildman–Crippen LogP) is 6.47. The first-order chi connectivity index (χ1) is 14.6. The lowest BCUT2D eigenvalue weighted by molar-refractivity contribution is -0.497. The van der Waals surface area contributed by atoms with Crippen molar-refractivity contribution in [3.8, 4) is 0 Å². The predicted molar refractivity (Wildman–Crippen MR) is 124 cm³/mol. The van der Waals surface area contributed by atoms with Crippen LogP contribution >= 0.6 is 0 Å². The second-order valence-electron chi connectivity index (χ2n) is 12.7. The van der Waals surface area contributed by atoms with Gasteiger partial charge in [0.15, 0.2) is 0 Å². The van der Waals surface area contributed by atoms with Crippen molar-refractivity contribution in [2.75, 3.05) is 0 Å². The number of aliphatic hydroxyl groups is 1. The molecule has 6 rings (SSSR count). The fourth-order valence-electron chi connectivity index (χ4n) is 8.71. The largest absolute Gasteiger partial charge is 0.393 e.